The monoisotopic (exact) mass is 352 g/mol. The molecule has 0 bridgehead atoms. The van der Waals surface area contributed by atoms with E-state index in [4.69, 9.17) is 4.74 Å². The Kier molecular flexibility index (Phi) is 4.56. The van der Waals surface area contributed by atoms with Crippen LogP contribution < -0.4 is 5.32 Å². The van der Waals surface area contributed by atoms with E-state index in [1.54, 1.807) is 0 Å². The van der Waals surface area contributed by atoms with E-state index >= 15 is 0 Å². The number of amides is 2. The largest absolute Gasteiger partial charge is 0.480 e. The number of carboxylic acids is 1. The number of carboxylic acid groups (broad SMARTS) is 1. The molecule has 2 aliphatic heterocycles. The second kappa shape index (κ2) is 6.27. The minimum atomic E-state index is -0.954. The van der Waals surface area contributed by atoms with Crippen LogP contribution in [0.5, 0.6) is 0 Å². The number of aliphatic carboxylic acids is 1. The lowest BCUT2D eigenvalue weighted by atomic mass is 9.97. The Bertz CT molecular complexity index is 582. The molecule has 0 aromatic heterocycles. The lowest BCUT2D eigenvalue weighted by molar-refractivity contribution is -0.152. The Morgan fingerprint density at radius 1 is 1.28 bits per heavy atom. The number of likely N-dealkylation sites (tertiary alicyclic amines) is 1. The maximum Gasteiger partial charge on any atom is 0.326 e. The first-order valence-electron chi connectivity index (χ1n) is 9.07. The van der Waals surface area contributed by atoms with Crippen LogP contribution in [0.2, 0.25) is 0 Å². The van der Waals surface area contributed by atoms with Gasteiger partial charge in [-0.05, 0) is 23.7 Å². The summed E-state index contributed by atoms with van der Waals surface area (Å²) in [6.07, 6.45) is 0.657. The van der Waals surface area contributed by atoms with Crippen molar-refractivity contribution in [3.63, 3.8) is 0 Å². The van der Waals surface area contributed by atoms with Crippen LogP contribution in [-0.4, -0.2) is 59.6 Å². The average Bonchev–Trinajstić information content (AvgIpc) is 3.02. The van der Waals surface area contributed by atoms with Gasteiger partial charge in [-0.1, -0.05) is 27.7 Å². The number of carbonyl (C=O) groups excluding carboxylic acids is 2. The molecule has 1 aliphatic carbocycles. The molecule has 25 heavy (non-hydrogen) atoms. The van der Waals surface area contributed by atoms with Crippen molar-refractivity contribution in [2.45, 2.75) is 46.2 Å². The summed E-state index contributed by atoms with van der Waals surface area (Å²) < 4.78 is 5.24. The molecule has 0 aromatic rings. The average molecular weight is 352 g/mol. The molecule has 3 rings (SSSR count). The molecule has 5 atom stereocenters. The van der Waals surface area contributed by atoms with Gasteiger partial charge in [0.15, 0.2) is 0 Å². The first kappa shape index (κ1) is 18.2. The van der Waals surface area contributed by atoms with Crippen LogP contribution in [0, 0.1) is 29.1 Å². The molecule has 2 heterocycles. The van der Waals surface area contributed by atoms with Crippen molar-refractivity contribution >= 4 is 17.8 Å². The van der Waals surface area contributed by atoms with Crippen LogP contribution in [0.3, 0.4) is 0 Å². The second-order valence-electron chi connectivity index (χ2n) is 8.52. The maximum absolute atomic E-state index is 13.0. The molecular weight excluding hydrogens is 324 g/mol. The van der Waals surface area contributed by atoms with E-state index in [1.165, 1.54) is 4.90 Å². The van der Waals surface area contributed by atoms with Gasteiger partial charge in [-0.2, -0.15) is 0 Å². The molecule has 140 valence electrons. The maximum atomic E-state index is 13.0. The van der Waals surface area contributed by atoms with Crippen molar-refractivity contribution in [1.82, 2.24) is 10.2 Å². The molecule has 0 spiro atoms. The number of rotatable bonds is 5. The third-order valence-electron chi connectivity index (χ3n) is 6.28. The Balaban J connectivity index is 1.72. The molecule has 2 amide bonds. The minimum absolute atomic E-state index is 0.000644. The van der Waals surface area contributed by atoms with Crippen LogP contribution in [0.25, 0.3) is 0 Å². The summed E-state index contributed by atoms with van der Waals surface area (Å²) >= 11 is 0. The molecule has 3 aliphatic rings. The standard InChI is InChI=1S/C18H28N2O5/c1-9(2)13(19-15(21)10-5-6-25-8-10)16(22)20-7-11-12(18(11,3)4)14(20)17(23)24/h9-14H,5-8H2,1-4H3,(H,19,21)(H,23,24)/t10-,11+,12+,13+,14+/m1/s1. The molecule has 1 saturated carbocycles. The summed E-state index contributed by atoms with van der Waals surface area (Å²) in [5, 5.41) is 12.5. The lowest BCUT2D eigenvalue weighted by Gasteiger charge is -2.33. The Morgan fingerprint density at radius 3 is 2.48 bits per heavy atom. The molecule has 0 radical (unpaired) electrons. The zero-order chi connectivity index (χ0) is 18.5. The molecule has 7 heteroatoms. The van der Waals surface area contributed by atoms with Gasteiger partial charge in [0.1, 0.15) is 12.1 Å². The molecule has 7 nitrogen and oxygen atoms in total. The number of piperidine rings is 1. The third-order valence-corrected chi connectivity index (χ3v) is 6.28. The van der Waals surface area contributed by atoms with Crippen molar-refractivity contribution in [1.29, 1.82) is 0 Å². The number of nitrogens with one attached hydrogen (secondary N) is 1. The fourth-order valence-electron chi connectivity index (χ4n) is 4.50. The zero-order valence-corrected chi connectivity index (χ0v) is 15.3. The SMILES string of the molecule is CC(C)[C@H](NC(=O)[C@@H]1CCOC1)C(=O)N1C[C@H]2[C@@H]([C@H]1C(=O)O)C2(C)C. The van der Waals surface area contributed by atoms with Crippen LogP contribution in [0.4, 0.5) is 0 Å². The first-order chi connectivity index (χ1) is 11.7. The second-order valence-corrected chi connectivity index (χ2v) is 8.52. The molecule has 2 saturated heterocycles. The highest BCUT2D eigenvalue weighted by atomic mass is 16.5. The van der Waals surface area contributed by atoms with Crippen LogP contribution in [0.1, 0.15) is 34.1 Å². The fraction of sp³-hybridized carbons (Fsp3) is 0.833. The number of fused-ring (bicyclic) bond motifs is 1. The minimum Gasteiger partial charge on any atom is -0.480 e. The summed E-state index contributed by atoms with van der Waals surface area (Å²) in [4.78, 5) is 38.7. The van der Waals surface area contributed by atoms with E-state index in [0.717, 1.165) is 0 Å². The fourth-order valence-corrected chi connectivity index (χ4v) is 4.50. The zero-order valence-electron chi connectivity index (χ0n) is 15.3. The summed E-state index contributed by atoms with van der Waals surface area (Å²) in [6, 6.07) is -1.49. The number of carbonyl (C=O) groups is 3. The van der Waals surface area contributed by atoms with Crippen molar-refractivity contribution in [3.05, 3.63) is 0 Å². The van der Waals surface area contributed by atoms with Gasteiger partial charge in [-0.15, -0.1) is 0 Å². The predicted octanol–water partition coefficient (Wildman–Crippen LogP) is 0.731. The van der Waals surface area contributed by atoms with E-state index in [1.807, 2.05) is 13.8 Å². The highest BCUT2D eigenvalue weighted by molar-refractivity contribution is 5.92. The normalized spacial score (nSPS) is 33.9. The Labute approximate surface area is 148 Å². The summed E-state index contributed by atoms with van der Waals surface area (Å²) in [6.45, 7) is 9.24. The predicted molar refractivity (Wildman–Crippen MR) is 89.6 cm³/mol. The number of hydrogen-bond donors (Lipinski definition) is 2. The number of hydrogen-bond acceptors (Lipinski definition) is 4. The molecular formula is C18H28N2O5. The van der Waals surface area contributed by atoms with E-state index in [9.17, 15) is 19.5 Å². The smallest absolute Gasteiger partial charge is 0.326 e. The van der Waals surface area contributed by atoms with E-state index in [2.05, 4.69) is 19.2 Å². The molecule has 2 N–H and O–H groups in total. The van der Waals surface area contributed by atoms with Gasteiger partial charge in [0.05, 0.1) is 12.5 Å². The highest BCUT2D eigenvalue weighted by Gasteiger charge is 2.69. The molecule has 3 fully saturated rings. The summed E-state index contributed by atoms with van der Waals surface area (Å²) in [7, 11) is 0. The van der Waals surface area contributed by atoms with Crippen LogP contribution in [-0.2, 0) is 19.1 Å². The van der Waals surface area contributed by atoms with E-state index in [-0.39, 0.29) is 40.9 Å². The quantitative estimate of drug-likeness (QED) is 0.760. The van der Waals surface area contributed by atoms with Crippen molar-refractivity contribution < 1.29 is 24.2 Å². The van der Waals surface area contributed by atoms with Gasteiger partial charge in [0.25, 0.3) is 0 Å². The molecule has 0 aromatic carbocycles. The third kappa shape index (κ3) is 3.03. The van der Waals surface area contributed by atoms with Gasteiger partial charge in [-0.3, -0.25) is 9.59 Å². The van der Waals surface area contributed by atoms with Gasteiger partial charge in [0, 0.05) is 19.1 Å². The number of ether oxygens (including phenoxy) is 1. The Hall–Kier alpha value is -1.63. The van der Waals surface area contributed by atoms with Crippen molar-refractivity contribution in [2.24, 2.45) is 29.1 Å². The van der Waals surface area contributed by atoms with Crippen molar-refractivity contribution in [3.8, 4) is 0 Å². The van der Waals surface area contributed by atoms with Crippen LogP contribution >= 0.6 is 0 Å². The van der Waals surface area contributed by atoms with Gasteiger partial charge >= 0.3 is 5.97 Å². The van der Waals surface area contributed by atoms with Gasteiger partial charge < -0.3 is 20.1 Å². The van der Waals surface area contributed by atoms with E-state index < -0.39 is 18.1 Å². The molecule has 0 unspecified atom stereocenters. The highest BCUT2D eigenvalue weighted by Crippen LogP contribution is 2.64. The summed E-state index contributed by atoms with van der Waals surface area (Å²) in [5.41, 5.74) is -0.0302. The van der Waals surface area contributed by atoms with Crippen LogP contribution in [0.15, 0.2) is 0 Å². The van der Waals surface area contributed by atoms with Gasteiger partial charge in [-0.25, -0.2) is 4.79 Å². The first-order valence-corrected chi connectivity index (χ1v) is 9.07. The van der Waals surface area contributed by atoms with E-state index in [0.29, 0.717) is 26.2 Å². The summed E-state index contributed by atoms with van der Waals surface area (Å²) in [5.74, 6) is -1.53. The van der Waals surface area contributed by atoms with Gasteiger partial charge in [0.2, 0.25) is 11.8 Å². The number of nitrogens with zero attached hydrogens (tertiary/aromatic N) is 1. The Morgan fingerprint density at radius 2 is 1.96 bits per heavy atom. The lowest BCUT2D eigenvalue weighted by Crippen LogP contribution is -2.56. The topological polar surface area (TPSA) is 95.9 Å². The van der Waals surface area contributed by atoms with Crippen molar-refractivity contribution in [2.75, 3.05) is 19.8 Å².